The Hall–Kier alpha value is -0.940. The van der Waals surface area contributed by atoms with Gasteiger partial charge in [0.2, 0.25) is 0 Å². The highest BCUT2D eigenvalue weighted by atomic mass is 15.5. The van der Waals surface area contributed by atoms with Crippen LogP contribution in [-0.2, 0) is 13.6 Å². The van der Waals surface area contributed by atoms with Gasteiger partial charge in [0.05, 0.1) is 12.2 Å². The maximum absolute atomic E-state index is 4.02. The van der Waals surface area contributed by atoms with Crippen LogP contribution in [-0.4, -0.2) is 33.1 Å². The standard InChI is InChI=1S/C9H17N5/c1-13-8-9(11-12-13)7-10-14-5-3-2-4-6-14/h8,10H,2-7H2,1H3. The SMILES string of the molecule is Cn1cc(CNN2CCCCC2)nn1. The van der Waals surface area contributed by atoms with Crippen molar-refractivity contribution in [2.75, 3.05) is 13.1 Å². The summed E-state index contributed by atoms with van der Waals surface area (Å²) in [6, 6.07) is 0. The summed E-state index contributed by atoms with van der Waals surface area (Å²) in [6.45, 7) is 3.09. The van der Waals surface area contributed by atoms with Gasteiger partial charge in [0, 0.05) is 26.3 Å². The molecule has 0 saturated carbocycles. The molecule has 14 heavy (non-hydrogen) atoms. The third-order valence-electron chi connectivity index (χ3n) is 2.49. The number of nitrogens with zero attached hydrogens (tertiary/aromatic N) is 4. The van der Waals surface area contributed by atoms with Crippen molar-refractivity contribution in [3.8, 4) is 0 Å². The van der Waals surface area contributed by atoms with Crippen LogP contribution in [0.2, 0.25) is 0 Å². The first kappa shape index (κ1) is 9.61. The van der Waals surface area contributed by atoms with Gasteiger partial charge in [0.25, 0.3) is 0 Å². The average Bonchev–Trinajstić information content (AvgIpc) is 2.63. The van der Waals surface area contributed by atoms with Crippen molar-refractivity contribution in [2.24, 2.45) is 7.05 Å². The van der Waals surface area contributed by atoms with Crippen LogP contribution in [0.4, 0.5) is 0 Å². The average molecular weight is 195 g/mol. The Morgan fingerprint density at radius 1 is 1.36 bits per heavy atom. The summed E-state index contributed by atoms with van der Waals surface area (Å²) in [5.41, 5.74) is 4.37. The van der Waals surface area contributed by atoms with E-state index in [1.54, 1.807) is 4.68 Å². The smallest absolute Gasteiger partial charge is 0.0978 e. The number of piperidine rings is 1. The van der Waals surface area contributed by atoms with E-state index in [-0.39, 0.29) is 0 Å². The fourth-order valence-electron chi connectivity index (χ4n) is 1.72. The van der Waals surface area contributed by atoms with E-state index in [2.05, 4.69) is 20.7 Å². The molecule has 1 aliphatic rings. The minimum atomic E-state index is 0.786. The van der Waals surface area contributed by atoms with Gasteiger partial charge in [-0.05, 0) is 12.8 Å². The molecule has 1 N–H and O–H groups in total. The van der Waals surface area contributed by atoms with Crippen molar-refractivity contribution < 1.29 is 0 Å². The van der Waals surface area contributed by atoms with Crippen LogP contribution < -0.4 is 5.43 Å². The lowest BCUT2D eigenvalue weighted by atomic mass is 10.2. The molecule has 1 fully saturated rings. The molecule has 1 saturated heterocycles. The monoisotopic (exact) mass is 195 g/mol. The molecule has 1 aliphatic heterocycles. The van der Waals surface area contributed by atoms with Crippen molar-refractivity contribution in [3.63, 3.8) is 0 Å². The molecule has 5 nitrogen and oxygen atoms in total. The van der Waals surface area contributed by atoms with Crippen LogP contribution in [0.1, 0.15) is 25.0 Å². The zero-order chi connectivity index (χ0) is 9.80. The van der Waals surface area contributed by atoms with E-state index in [9.17, 15) is 0 Å². The summed E-state index contributed by atoms with van der Waals surface area (Å²) >= 11 is 0. The highest BCUT2D eigenvalue weighted by Crippen LogP contribution is 2.06. The Balaban J connectivity index is 1.76. The van der Waals surface area contributed by atoms with Crippen molar-refractivity contribution >= 4 is 0 Å². The fraction of sp³-hybridized carbons (Fsp3) is 0.778. The number of hydrazine groups is 1. The molecular weight excluding hydrogens is 178 g/mol. The second kappa shape index (κ2) is 4.52. The molecule has 0 atom stereocenters. The van der Waals surface area contributed by atoms with Gasteiger partial charge in [-0.3, -0.25) is 4.68 Å². The lowest BCUT2D eigenvalue weighted by Gasteiger charge is -2.26. The van der Waals surface area contributed by atoms with Crippen LogP contribution in [0.3, 0.4) is 0 Å². The predicted molar refractivity (Wildman–Crippen MR) is 53.3 cm³/mol. The first-order valence-corrected chi connectivity index (χ1v) is 5.18. The molecule has 0 bridgehead atoms. The molecule has 0 amide bonds. The maximum atomic E-state index is 4.02. The Morgan fingerprint density at radius 3 is 2.79 bits per heavy atom. The van der Waals surface area contributed by atoms with Gasteiger partial charge in [-0.25, -0.2) is 10.4 Å². The van der Waals surface area contributed by atoms with Gasteiger partial charge in [0.15, 0.2) is 0 Å². The van der Waals surface area contributed by atoms with Gasteiger partial charge in [-0.15, -0.1) is 5.10 Å². The van der Waals surface area contributed by atoms with E-state index in [0.717, 1.165) is 25.3 Å². The second-order valence-electron chi connectivity index (χ2n) is 3.77. The van der Waals surface area contributed by atoms with Crippen LogP contribution in [0.15, 0.2) is 6.20 Å². The number of nitrogens with one attached hydrogen (secondary N) is 1. The van der Waals surface area contributed by atoms with Crippen molar-refractivity contribution in [1.82, 2.24) is 25.4 Å². The number of rotatable bonds is 3. The topological polar surface area (TPSA) is 46.0 Å². The molecule has 0 spiro atoms. The molecule has 0 unspecified atom stereocenters. The molecule has 0 aromatic carbocycles. The lowest BCUT2D eigenvalue weighted by Crippen LogP contribution is -2.41. The quantitative estimate of drug-likeness (QED) is 0.754. The van der Waals surface area contributed by atoms with Crippen molar-refractivity contribution in [3.05, 3.63) is 11.9 Å². The van der Waals surface area contributed by atoms with E-state index in [4.69, 9.17) is 0 Å². The molecule has 2 heterocycles. The fourth-order valence-corrected chi connectivity index (χ4v) is 1.72. The zero-order valence-electron chi connectivity index (χ0n) is 8.61. The molecular formula is C9H17N5. The highest BCUT2D eigenvalue weighted by molar-refractivity contribution is 4.90. The third-order valence-corrected chi connectivity index (χ3v) is 2.49. The first-order valence-electron chi connectivity index (χ1n) is 5.18. The van der Waals surface area contributed by atoms with Crippen LogP contribution >= 0.6 is 0 Å². The van der Waals surface area contributed by atoms with Crippen molar-refractivity contribution in [1.29, 1.82) is 0 Å². The number of hydrogen-bond acceptors (Lipinski definition) is 4. The van der Waals surface area contributed by atoms with Crippen molar-refractivity contribution in [2.45, 2.75) is 25.8 Å². The summed E-state index contributed by atoms with van der Waals surface area (Å²) < 4.78 is 1.73. The Kier molecular flexibility index (Phi) is 3.10. The highest BCUT2D eigenvalue weighted by Gasteiger charge is 2.09. The van der Waals surface area contributed by atoms with Gasteiger partial charge >= 0.3 is 0 Å². The normalized spacial score (nSPS) is 18.6. The molecule has 1 aromatic heterocycles. The number of aromatic nitrogens is 3. The van der Waals surface area contributed by atoms with E-state index in [0.29, 0.717) is 0 Å². The number of aryl methyl sites for hydroxylation is 1. The second-order valence-corrected chi connectivity index (χ2v) is 3.77. The molecule has 0 radical (unpaired) electrons. The van der Waals surface area contributed by atoms with Crippen LogP contribution in [0, 0.1) is 0 Å². The molecule has 2 rings (SSSR count). The Morgan fingerprint density at radius 2 is 2.14 bits per heavy atom. The van der Waals surface area contributed by atoms with E-state index < -0.39 is 0 Å². The predicted octanol–water partition coefficient (Wildman–Crippen LogP) is 0.306. The van der Waals surface area contributed by atoms with Crippen LogP contribution in [0.5, 0.6) is 0 Å². The van der Waals surface area contributed by atoms with E-state index >= 15 is 0 Å². The zero-order valence-corrected chi connectivity index (χ0v) is 8.61. The molecule has 0 aliphatic carbocycles. The Bertz CT molecular complexity index is 276. The first-order chi connectivity index (χ1) is 6.84. The molecule has 5 heteroatoms. The summed E-state index contributed by atoms with van der Waals surface area (Å²) in [5, 5.41) is 10.2. The summed E-state index contributed by atoms with van der Waals surface area (Å²) in [6.07, 6.45) is 5.90. The van der Waals surface area contributed by atoms with Gasteiger partial charge in [-0.2, -0.15) is 0 Å². The molecule has 78 valence electrons. The largest absolute Gasteiger partial charge is 0.255 e. The lowest BCUT2D eigenvalue weighted by molar-refractivity contribution is 0.150. The summed E-state index contributed by atoms with van der Waals surface area (Å²) in [7, 11) is 1.89. The van der Waals surface area contributed by atoms with Gasteiger partial charge in [0.1, 0.15) is 0 Å². The summed E-state index contributed by atoms with van der Waals surface area (Å²) in [5.74, 6) is 0. The third kappa shape index (κ3) is 2.52. The minimum absolute atomic E-state index is 0.786. The van der Waals surface area contributed by atoms with Crippen LogP contribution in [0.25, 0.3) is 0 Å². The number of hydrogen-bond donors (Lipinski definition) is 1. The minimum Gasteiger partial charge on any atom is -0.255 e. The summed E-state index contributed by atoms with van der Waals surface area (Å²) in [4.78, 5) is 0. The van der Waals surface area contributed by atoms with Gasteiger partial charge < -0.3 is 0 Å². The van der Waals surface area contributed by atoms with E-state index in [1.165, 1.54) is 19.3 Å². The molecule has 1 aromatic rings. The van der Waals surface area contributed by atoms with Gasteiger partial charge in [-0.1, -0.05) is 11.6 Å². The Labute approximate surface area is 84.1 Å². The van der Waals surface area contributed by atoms with E-state index in [1.807, 2.05) is 13.2 Å². The maximum Gasteiger partial charge on any atom is 0.0978 e.